The van der Waals surface area contributed by atoms with Gasteiger partial charge in [-0.25, -0.2) is 19.7 Å². The zero-order valence-electron chi connectivity index (χ0n) is 18.4. The highest BCUT2D eigenvalue weighted by Gasteiger charge is 2.33. The van der Waals surface area contributed by atoms with E-state index in [4.69, 9.17) is 0 Å². The minimum Gasteiger partial charge on any atom is -0.351 e. The Labute approximate surface area is 204 Å². The third kappa shape index (κ3) is 4.22. The summed E-state index contributed by atoms with van der Waals surface area (Å²) in [6.07, 6.45) is 4.43. The molecule has 0 radical (unpaired) electrons. The number of carbonyl (C=O) groups is 3. The van der Waals surface area contributed by atoms with Crippen molar-refractivity contribution in [1.29, 1.82) is 0 Å². The Bertz CT molecular complexity index is 1470. The molecule has 174 valence electrons. The molecule has 1 aliphatic rings. The van der Waals surface area contributed by atoms with Crippen molar-refractivity contribution in [2.24, 2.45) is 0 Å². The maximum Gasteiger partial charge on any atom is 0.332 e. The molecule has 4 heterocycles. The van der Waals surface area contributed by atoms with E-state index in [1.807, 2.05) is 42.5 Å². The van der Waals surface area contributed by atoms with Crippen LogP contribution in [-0.2, 0) is 4.79 Å². The highest BCUT2D eigenvalue weighted by Crippen LogP contribution is 2.45. The summed E-state index contributed by atoms with van der Waals surface area (Å²) in [5, 5.41) is 8.88. The number of rotatable bonds is 7. The molecule has 0 fully saturated rings. The topological polar surface area (TPSA) is 116 Å². The zero-order chi connectivity index (χ0) is 24.4. The van der Waals surface area contributed by atoms with Crippen LogP contribution in [0.2, 0.25) is 0 Å². The van der Waals surface area contributed by atoms with Crippen molar-refractivity contribution >= 4 is 56.6 Å². The Morgan fingerprint density at radius 1 is 1.03 bits per heavy atom. The van der Waals surface area contributed by atoms with E-state index >= 15 is 0 Å². The molecule has 1 aromatic carbocycles. The lowest BCUT2D eigenvalue weighted by Crippen LogP contribution is -2.36. The number of carbonyl (C=O) groups excluding carboxylic acids is 3. The number of amides is 4. The normalized spacial score (nSPS) is 12.2. The maximum absolute atomic E-state index is 13.3. The largest absolute Gasteiger partial charge is 0.351 e. The Morgan fingerprint density at radius 3 is 2.60 bits per heavy atom. The number of urea groups is 1. The number of hydrogen-bond donors (Lipinski definition) is 3. The number of benzene rings is 1. The van der Waals surface area contributed by atoms with Crippen molar-refractivity contribution in [2.45, 2.75) is 0 Å². The van der Waals surface area contributed by atoms with Crippen LogP contribution in [0.25, 0.3) is 21.3 Å². The van der Waals surface area contributed by atoms with Crippen LogP contribution in [0.3, 0.4) is 0 Å². The average Bonchev–Trinajstić information content (AvgIpc) is 3.26. The molecule has 0 saturated heterocycles. The second-order valence-corrected chi connectivity index (χ2v) is 8.60. The van der Waals surface area contributed by atoms with Crippen LogP contribution >= 0.6 is 11.3 Å². The van der Waals surface area contributed by atoms with Crippen LogP contribution < -0.4 is 20.9 Å². The van der Waals surface area contributed by atoms with Crippen LogP contribution in [0.15, 0.2) is 73.6 Å². The van der Waals surface area contributed by atoms with E-state index in [2.05, 4.69) is 32.5 Å². The van der Waals surface area contributed by atoms with Crippen molar-refractivity contribution in [3.8, 4) is 11.1 Å². The molecule has 0 bridgehead atoms. The van der Waals surface area contributed by atoms with Gasteiger partial charge in [0.25, 0.3) is 5.91 Å². The molecule has 35 heavy (non-hydrogen) atoms. The molecule has 3 aromatic heterocycles. The van der Waals surface area contributed by atoms with Crippen LogP contribution in [0, 0.1) is 0 Å². The van der Waals surface area contributed by atoms with Crippen LogP contribution in [0.4, 0.5) is 22.0 Å². The van der Waals surface area contributed by atoms with E-state index in [1.165, 1.54) is 16.2 Å². The molecule has 0 aliphatic carbocycles. The third-order valence-electron chi connectivity index (χ3n) is 5.43. The molecular formula is C25H20N6O3S. The fourth-order valence-electron chi connectivity index (χ4n) is 3.84. The first-order valence-corrected chi connectivity index (χ1v) is 11.6. The van der Waals surface area contributed by atoms with Crippen LogP contribution in [0.1, 0.15) is 9.67 Å². The summed E-state index contributed by atoms with van der Waals surface area (Å²) in [6.45, 7) is 3.86. The van der Waals surface area contributed by atoms with Gasteiger partial charge in [-0.3, -0.25) is 9.59 Å². The summed E-state index contributed by atoms with van der Waals surface area (Å²) in [5.74, 6) is -0.223. The summed E-state index contributed by atoms with van der Waals surface area (Å²) in [4.78, 5) is 48.7. The molecule has 9 nitrogen and oxygen atoms in total. The first kappa shape index (κ1) is 22.2. The van der Waals surface area contributed by atoms with E-state index < -0.39 is 6.03 Å². The van der Waals surface area contributed by atoms with E-state index in [1.54, 1.807) is 18.5 Å². The second-order valence-electron chi connectivity index (χ2n) is 7.60. The molecule has 1 aliphatic heterocycles. The third-order valence-corrected chi connectivity index (χ3v) is 6.53. The Kier molecular flexibility index (Phi) is 5.94. The molecule has 3 N–H and O–H groups in total. The van der Waals surface area contributed by atoms with Gasteiger partial charge in [0.15, 0.2) is 0 Å². The van der Waals surface area contributed by atoms with E-state index in [0.29, 0.717) is 32.3 Å². The van der Waals surface area contributed by atoms with Gasteiger partial charge in [-0.05, 0) is 35.4 Å². The molecule has 4 aromatic rings. The highest BCUT2D eigenvalue weighted by atomic mass is 32.1. The van der Waals surface area contributed by atoms with Crippen molar-refractivity contribution in [2.75, 3.05) is 23.3 Å². The van der Waals surface area contributed by atoms with Gasteiger partial charge >= 0.3 is 6.03 Å². The first-order valence-electron chi connectivity index (χ1n) is 10.8. The van der Waals surface area contributed by atoms with Crippen molar-refractivity contribution in [1.82, 2.24) is 20.6 Å². The number of hydrogen-bond acceptors (Lipinski definition) is 6. The summed E-state index contributed by atoms with van der Waals surface area (Å²) < 4.78 is 0. The van der Waals surface area contributed by atoms with Crippen molar-refractivity contribution in [3.63, 3.8) is 0 Å². The molecule has 0 saturated carbocycles. The molecule has 0 spiro atoms. The van der Waals surface area contributed by atoms with Crippen LogP contribution in [0.5, 0.6) is 0 Å². The average molecular weight is 485 g/mol. The Hall–Kier alpha value is -4.57. The summed E-state index contributed by atoms with van der Waals surface area (Å²) in [7, 11) is 0. The molecule has 4 amide bonds. The number of thiophene rings is 1. The van der Waals surface area contributed by atoms with Gasteiger partial charge in [-0.15, -0.1) is 11.3 Å². The minimum atomic E-state index is -0.423. The highest BCUT2D eigenvalue weighted by molar-refractivity contribution is 7.21. The van der Waals surface area contributed by atoms with Crippen molar-refractivity contribution < 1.29 is 14.4 Å². The number of nitrogens with one attached hydrogen (secondary N) is 3. The fourth-order valence-corrected chi connectivity index (χ4v) is 4.87. The fraction of sp³-hybridized carbons (Fsp3) is 0.0800. The summed E-state index contributed by atoms with van der Waals surface area (Å²) in [5.41, 5.74) is 2.95. The standard InChI is InChI=1S/C25H20N6O3S/c1-2-19(32)27-12-13-28-23(33)22-21-20-17(9-11-29-24(20)35-22)31(25(34)30-21)18-14-16(8-10-26-18)15-6-4-3-5-7-15/h2-11,14H,1,12-13H2,(H,27,32)(H,28,33)(H,30,34). The van der Waals surface area contributed by atoms with Gasteiger partial charge < -0.3 is 16.0 Å². The zero-order valence-corrected chi connectivity index (χ0v) is 19.3. The van der Waals surface area contributed by atoms with Gasteiger partial charge in [0.1, 0.15) is 15.5 Å². The summed E-state index contributed by atoms with van der Waals surface area (Å²) >= 11 is 1.19. The molecule has 0 unspecified atom stereocenters. The molecule has 0 atom stereocenters. The number of aromatic nitrogens is 2. The van der Waals surface area contributed by atoms with Crippen molar-refractivity contribution in [3.05, 3.63) is 78.5 Å². The number of nitrogens with zero attached hydrogens (tertiary/aromatic N) is 3. The quantitative estimate of drug-likeness (QED) is 0.270. The Balaban J connectivity index is 1.48. The lowest BCUT2D eigenvalue weighted by Gasteiger charge is -2.27. The predicted molar refractivity (Wildman–Crippen MR) is 136 cm³/mol. The van der Waals surface area contributed by atoms with Crippen LogP contribution in [-0.4, -0.2) is 40.9 Å². The lowest BCUT2D eigenvalue weighted by atomic mass is 10.1. The minimum absolute atomic E-state index is 0.225. The molecule has 10 heteroatoms. The van der Waals surface area contributed by atoms with E-state index in [0.717, 1.165) is 17.2 Å². The second kappa shape index (κ2) is 9.35. The smallest absolute Gasteiger partial charge is 0.332 e. The Morgan fingerprint density at radius 2 is 1.80 bits per heavy atom. The molecule has 5 rings (SSSR count). The van der Waals surface area contributed by atoms with Gasteiger partial charge in [0.2, 0.25) is 5.91 Å². The van der Waals surface area contributed by atoms with Gasteiger partial charge in [-0.1, -0.05) is 36.9 Å². The van der Waals surface area contributed by atoms with Gasteiger partial charge in [0, 0.05) is 25.5 Å². The van der Waals surface area contributed by atoms with Gasteiger partial charge in [0.05, 0.1) is 16.8 Å². The van der Waals surface area contributed by atoms with Gasteiger partial charge in [-0.2, -0.15) is 0 Å². The lowest BCUT2D eigenvalue weighted by molar-refractivity contribution is -0.116. The number of pyridine rings is 2. The first-order chi connectivity index (χ1) is 17.1. The van der Waals surface area contributed by atoms with E-state index in [-0.39, 0.29) is 24.9 Å². The van der Waals surface area contributed by atoms with E-state index in [9.17, 15) is 14.4 Å². The number of anilines is 3. The monoisotopic (exact) mass is 484 g/mol. The molecular weight excluding hydrogens is 464 g/mol. The SMILES string of the molecule is C=CC(=O)NCCNC(=O)c1sc2nccc3c2c1NC(=O)N3c1cc(-c2ccccc2)ccn1. The maximum atomic E-state index is 13.3. The predicted octanol–water partition coefficient (Wildman–Crippen LogP) is 4.07. The summed E-state index contributed by atoms with van der Waals surface area (Å²) in [6, 6.07) is 14.9.